The Bertz CT molecular complexity index is 1050. The predicted molar refractivity (Wildman–Crippen MR) is 115 cm³/mol. The van der Waals surface area contributed by atoms with Crippen LogP contribution in [0.2, 0.25) is 5.02 Å². The molecule has 1 fully saturated rings. The molecule has 0 radical (unpaired) electrons. The van der Waals surface area contributed by atoms with Crippen LogP contribution in [0.15, 0.2) is 52.5 Å². The molecule has 9 heteroatoms. The van der Waals surface area contributed by atoms with Crippen molar-refractivity contribution >= 4 is 38.9 Å². The quantitative estimate of drug-likeness (QED) is 0.428. The summed E-state index contributed by atoms with van der Waals surface area (Å²) in [5, 5.41) is 4.58. The van der Waals surface area contributed by atoms with Crippen molar-refractivity contribution in [3.63, 3.8) is 0 Å². The number of nitrogens with two attached hydrogens (primary N) is 1. The molecule has 0 saturated carbocycles. The van der Waals surface area contributed by atoms with E-state index < -0.39 is 15.9 Å². The van der Waals surface area contributed by atoms with Crippen molar-refractivity contribution < 1.29 is 13.2 Å². The largest absolute Gasteiger partial charge is 0.398 e. The Kier molecular flexibility index (Phi) is 6.56. The number of anilines is 1. The lowest BCUT2D eigenvalue weighted by atomic mass is 10.1. The predicted octanol–water partition coefficient (Wildman–Crippen LogP) is 3.25. The van der Waals surface area contributed by atoms with E-state index in [9.17, 15) is 13.2 Å². The second-order valence-corrected chi connectivity index (χ2v) is 9.24. The number of nitrogens with one attached hydrogen (secondary N) is 1. The lowest BCUT2D eigenvalue weighted by Gasteiger charge is -2.25. The molecule has 2 aromatic rings. The van der Waals surface area contributed by atoms with E-state index in [0.29, 0.717) is 35.1 Å². The van der Waals surface area contributed by atoms with Gasteiger partial charge in [-0.15, -0.1) is 0 Å². The fraction of sp³-hybridized carbons (Fsp3) is 0.300. The van der Waals surface area contributed by atoms with Gasteiger partial charge in [-0.05, 0) is 56.2 Å². The van der Waals surface area contributed by atoms with E-state index in [0.717, 1.165) is 19.3 Å². The number of benzene rings is 2. The van der Waals surface area contributed by atoms with Gasteiger partial charge in [-0.2, -0.15) is 9.41 Å². The summed E-state index contributed by atoms with van der Waals surface area (Å²) in [6, 6.07) is 11.0. The van der Waals surface area contributed by atoms with Crippen molar-refractivity contribution in [2.75, 3.05) is 18.8 Å². The molecule has 29 heavy (non-hydrogen) atoms. The van der Waals surface area contributed by atoms with Gasteiger partial charge >= 0.3 is 0 Å². The number of carbonyl (C=O) groups is 1. The van der Waals surface area contributed by atoms with Crippen LogP contribution < -0.4 is 11.2 Å². The average molecular weight is 435 g/mol. The van der Waals surface area contributed by atoms with Crippen molar-refractivity contribution in [1.82, 2.24) is 9.73 Å². The summed E-state index contributed by atoms with van der Waals surface area (Å²) in [5.74, 6) is -0.513. The summed E-state index contributed by atoms with van der Waals surface area (Å²) < 4.78 is 27.1. The molecule has 1 amide bonds. The van der Waals surface area contributed by atoms with Crippen LogP contribution in [-0.4, -0.2) is 37.4 Å². The van der Waals surface area contributed by atoms with Gasteiger partial charge in [-0.25, -0.2) is 13.8 Å². The number of hydrogen-bond acceptors (Lipinski definition) is 5. The van der Waals surface area contributed by atoms with Gasteiger partial charge in [0.15, 0.2) is 0 Å². The summed E-state index contributed by atoms with van der Waals surface area (Å²) in [6.45, 7) is 2.70. The molecule has 0 bridgehead atoms. The molecule has 3 N–H and O–H groups in total. The van der Waals surface area contributed by atoms with Crippen LogP contribution in [0.25, 0.3) is 0 Å². The minimum absolute atomic E-state index is 0.104. The Morgan fingerprint density at radius 1 is 1.14 bits per heavy atom. The first-order valence-electron chi connectivity index (χ1n) is 9.29. The maximum Gasteiger partial charge on any atom is 0.271 e. The van der Waals surface area contributed by atoms with Gasteiger partial charge in [-0.1, -0.05) is 24.1 Å². The highest BCUT2D eigenvalue weighted by atomic mass is 35.5. The molecule has 0 unspecified atom stereocenters. The highest BCUT2D eigenvalue weighted by Gasteiger charge is 2.26. The van der Waals surface area contributed by atoms with Crippen molar-refractivity contribution in [1.29, 1.82) is 0 Å². The molecule has 0 aromatic heterocycles. The standard InChI is InChI=1S/C20H23ClN4O3S/c1-14(18-13-16(21)8-9-19(18)22)23-24-20(26)15-6-5-7-17(12-15)29(27,28)25-10-3-2-4-11-25/h5-9,12-13H,2-4,10-11,22H2,1H3,(H,24,26)/b23-14+. The Morgan fingerprint density at radius 3 is 2.59 bits per heavy atom. The molecule has 3 rings (SSSR count). The number of sulfonamides is 1. The van der Waals surface area contributed by atoms with Gasteiger partial charge in [0, 0.05) is 34.9 Å². The molecule has 0 atom stereocenters. The number of rotatable bonds is 5. The Morgan fingerprint density at radius 2 is 1.86 bits per heavy atom. The van der Waals surface area contributed by atoms with Crippen LogP contribution in [0.5, 0.6) is 0 Å². The monoisotopic (exact) mass is 434 g/mol. The summed E-state index contributed by atoms with van der Waals surface area (Å²) >= 11 is 5.98. The first-order chi connectivity index (χ1) is 13.8. The Hall–Kier alpha value is -2.42. The number of halogens is 1. The van der Waals surface area contributed by atoms with Gasteiger partial charge in [0.2, 0.25) is 10.0 Å². The van der Waals surface area contributed by atoms with Crippen LogP contribution in [0, 0.1) is 0 Å². The lowest BCUT2D eigenvalue weighted by Crippen LogP contribution is -2.35. The SMILES string of the molecule is C/C(=N\NC(=O)c1cccc(S(=O)(=O)N2CCCCC2)c1)c1cc(Cl)ccc1N. The minimum Gasteiger partial charge on any atom is -0.398 e. The second kappa shape index (κ2) is 8.94. The molecule has 2 aromatic carbocycles. The van der Waals surface area contributed by atoms with Crippen LogP contribution in [-0.2, 0) is 10.0 Å². The third-order valence-corrected chi connectivity index (χ3v) is 6.91. The molecule has 1 aliphatic rings. The zero-order chi connectivity index (χ0) is 21.0. The number of nitrogen functional groups attached to an aromatic ring is 1. The fourth-order valence-corrected chi connectivity index (χ4v) is 4.89. The highest BCUT2D eigenvalue weighted by molar-refractivity contribution is 7.89. The van der Waals surface area contributed by atoms with E-state index >= 15 is 0 Å². The average Bonchev–Trinajstić information content (AvgIpc) is 2.74. The smallest absolute Gasteiger partial charge is 0.271 e. The molecule has 7 nitrogen and oxygen atoms in total. The van der Waals surface area contributed by atoms with E-state index in [-0.39, 0.29) is 10.5 Å². The summed E-state index contributed by atoms with van der Waals surface area (Å²) in [7, 11) is -3.62. The topological polar surface area (TPSA) is 105 Å². The highest BCUT2D eigenvalue weighted by Crippen LogP contribution is 2.22. The first kappa shape index (κ1) is 21.3. The molecule has 0 aliphatic carbocycles. The van der Waals surface area contributed by atoms with Crippen LogP contribution in [0.1, 0.15) is 42.1 Å². The maximum absolute atomic E-state index is 12.8. The molecule has 0 spiro atoms. The Labute approximate surface area is 175 Å². The molecule has 1 heterocycles. The zero-order valence-electron chi connectivity index (χ0n) is 16.1. The van der Waals surface area contributed by atoms with Gasteiger partial charge < -0.3 is 5.73 Å². The third-order valence-electron chi connectivity index (χ3n) is 4.78. The van der Waals surface area contributed by atoms with Gasteiger partial charge in [-0.3, -0.25) is 4.79 Å². The van der Waals surface area contributed by atoms with Crippen LogP contribution in [0.4, 0.5) is 5.69 Å². The van der Waals surface area contributed by atoms with E-state index in [1.165, 1.54) is 16.4 Å². The van der Waals surface area contributed by atoms with Crippen LogP contribution in [0.3, 0.4) is 0 Å². The van der Waals surface area contributed by atoms with Gasteiger partial charge in [0.05, 0.1) is 10.6 Å². The zero-order valence-corrected chi connectivity index (χ0v) is 17.6. The van der Waals surface area contributed by atoms with E-state index in [1.807, 2.05) is 0 Å². The van der Waals surface area contributed by atoms with Gasteiger partial charge in [0.1, 0.15) is 0 Å². The van der Waals surface area contributed by atoms with E-state index in [4.69, 9.17) is 17.3 Å². The van der Waals surface area contributed by atoms with Crippen molar-refractivity contribution in [2.24, 2.45) is 5.10 Å². The van der Waals surface area contributed by atoms with Crippen LogP contribution >= 0.6 is 11.6 Å². The number of piperidine rings is 1. The summed E-state index contributed by atoms with van der Waals surface area (Å²) in [5.41, 5.74) is 10.2. The van der Waals surface area contributed by atoms with E-state index in [1.54, 1.807) is 37.3 Å². The lowest BCUT2D eigenvalue weighted by molar-refractivity contribution is 0.0954. The number of hydrazone groups is 1. The first-order valence-corrected chi connectivity index (χ1v) is 11.1. The number of amides is 1. The maximum atomic E-state index is 12.8. The van der Waals surface area contributed by atoms with Crippen molar-refractivity contribution in [3.8, 4) is 0 Å². The van der Waals surface area contributed by atoms with Crippen molar-refractivity contribution in [2.45, 2.75) is 31.1 Å². The molecular weight excluding hydrogens is 412 g/mol. The second-order valence-electron chi connectivity index (χ2n) is 6.86. The molecular formula is C20H23ClN4O3S. The number of carbonyl (C=O) groups excluding carboxylic acids is 1. The minimum atomic E-state index is -3.62. The Balaban J connectivity index is 1.78. The number of nitrogens with zero attached hydrogens (tertiary/aromatic N) is 2. The van der Waals surface area contributed by atoms with Gasteiger partial charge in [0.25, 0.3) is 5.91 Å². The third kappa shape index (κ3) is 4.95. The van der Waals surface area contributed by atoms with E-state index in [2.05, 4.69) is 10.5 Å². The molecule has 154 valence electrons. The summed E-state index contributed by atoms with van der Waals surface area (Å²) in [6.07, 6.45) is 2.73. The molecule has 1 aliphatic heterocycles. The normalized spacial score (nSPS) is 15.9. The summed E-state index contributed by atoms with van der Waals surface area (Å²) in [4.78, 5) is 12.6. The fourth-order valence-electron chi connectivity index (χ4n) is 3.15. The number of hydrogen-bond donors (Lipinski definition) is 2. The molecule has 1 saturated heterocycles. The van der Waals surface area contributed by atoms with Crippen molar-refractivity contribution in [3.05, 3.63) is 58.6 Å².